The first-order chi connectivity index (χ1) is 9.81. The Morgan fingerprint density at radius 2 is 2.05 bits per heavy atom. The minimum atomic E-state index is -0.212. The molecule has 0 unspecified atom stereocenters. The maximum absolute atomic E-state index is 13.1. The summed E-state index contributed by atoms with van der Waals surface area (Å²) in [5, 5.41) is 8.82. The van der Waals surface area contributed by atoms with Crippen molar-refractivity contribution >= 4 is 11.8 Å². The van der Waals surface area contributed by atoms with Crippen LogP contribution in [-0.4, -0.2) is 10.2 Å². The van der Waals surface area contributed by atoms with E-state index in [1.54, 1.807) is 6.07 Å². The van der Waals surface area contributed by atoms with E-state index in [9.17, 15) is 4.39 Å². The number of aromatic nitrogens is 2. The van der Waals surface area contributed by atoms with E-state index in [0.29, 0.717) is 16.9 Å². The average Bonchev–Trinajstić information content (AvgIpc) is 2.95. The van der Waals surface area contributed by atoms with Gasteiger partial charge < -0.3 is 4.42 Å². The van der Waals surface area contributed by atoms with Crippen LogP contribution < -0.4 is 0 Å². The average molecular weight is 292 g/mol. The Bertz CT molecular complexity index is 567. The number of nitrogens with zero attached hydrogens (tertiary/aromatic N) is 2. The monoisotopic (exact) mass is 292 g/mol. The van der Waals surface area contributed by atoms with Crippen molar-refractivity contribution < 1.29 is 8.81 Å². The quantitative estimate of drug-likeness (QED) is 0.775. The summed E-state index contributed by atoms with van der Waals surface area (Å²) in [6.45, 7) is 0. The molecule has 5 heteroatoms. The van der Waals surface area contributed by atoms with Crippen LogP contribution in [0.4, 0.5) is 4.39 Å². The van der Waals surface area contributed by atoms with Gasteiger partial charge in [0.1, 0.15) is 5.82 Å². The highest BCUT2D eigenvalue weighted by atomic mass is 32.2. The molecule has 1 fully saturated rings. The second-order valence-electron chi connectivity index (χ2n) is 5.16. The van der Waals surface area contributed by atoms with Crippen molar-refractivity contribution in [1.29, 1.82) is 0 Å². The summed E-state index contributed by atoms with van der Waals surface area (Å²) in [6.07, 6.45) is 6.11. The molecule has 0 spiro atoms. The predicted octanol–water partition coefficient (Wildman–Crippen LogP) is 4.55. The van der Waals surface area contributed by atoms with Gasteiger partial charge in [0.25, 0.3) is 5.22 Å². The van der Waals surface area contributed by atoms with Gasteiger partial charge in [0.2, 0.25) is 5.89 Å². The van der Waals surface area contributed by atoms with Gasteiger partial charge >= 0.3 is 0 Å². The van der Waals surface area contributed by atoms with E-state index in [1.807, 2.05) is 6.07 Å². The normalized spacial score (nSPS) is 16.4. The molecule has 0 bridgehead atoms. The van der Waals surface area contributed by atoms with Crippen LogP contribution in [0.15, 0.2) is 33.9 Å². The lowest BCUT2D eigenvalue weighted by Gasteiger charge is -2.17. The Kier molecular flexibility index (Phi) is 4.35. The highest BCUT2D eigenvalue weighted by Crippen LogP contribution is 2.33. The molecule has 1 aliphatic carbocycles. The number of hydrogen-bond acceptors (Lipinski definition) is 4. The maximum atomic E-state index is 13.1. The van der Waals surface area contributed by atoms with Crippen molar-refractivity contribution in [3.05, 3.63) is 41.5 Å². The molecule has 1 aromatic carbocycles. The van der Waals surface area contributed by atoms with Gasteiger partial charge in [0.05, 0.1) is 0 Å². The van der Waals surface area contributed by atoms with Gasteiger partial charge in [0, 0.05) is 11.7 Å². The van der Waals surface area contributed by atoms with Gasteiger partial charge in [-0.1, -0.05) is 43.2 Å². The molecule has 1 heterocycles. The molecule has 20 heavy (non-hydrogen) atoms. The van der Waals surface area contributed by atoms with Crippen molar-refractivity contribution in [1.82, 2.24) is 10.2 Å². The lowest BCUT2D eigenvalue weighted by Crippen LogP contribution is -2.04. The molecule has 0 atom stereocenters. The first-order valence-corrected chi connectivity index (χ1v) is 8.00. The maximum Gasteiger partial charge on any atom is 0.276 e. The van der Waals surface area contributed by atoms with Crippen LogP contribution in [0.25, 0.3) is 0 Å². The van der Waals surface area contributed by atoms with Crippen LogP contribution in [0.1, 0.15) is 49.5 Å². The van der Waals surface area contributed by atoms with Crippen LogP contribution in [0.3, 0.4) is 0 Å². The standard InChI is InChI=1S/C15H17FN2OS/c16-13-8-4-5-11(9-13)10-20-15-18-17-14(19-15)12-6-2-1-3-7-12/h4-5,8-9,12H,1-3,6-7,10H2. The largest absolute Gasteiger partial charge is 0.416 e. The summed E-state index contributed by atoms with van der Waals surface area (Å²) in [5.74, 6) is 1.63. The molecule has 0 amide bonds. The first kappa shape index (κ1) is 13.6. The smallest absolute Gasteiger partial charge is 0.276 e. The lowest BCUT2D eigenvalue weighted by atomic mass is 9.89. The molecule has 106 valence electrons. The van der Waals surface area contributed by atoms with Crippen molar-refractivity contribution in [2.45, 2.75) is 49.0 Å². The number of benzene rings is 1. The highest BCUT2D eigenvalue weighted by molar-refractivity contribution is 7.98. The van der Waals surface area contributed by atoms with Crippen molar-refractivity contribution in [2.75, 3.05) is 0 Å². The van der Waals surface area contributed by atoms with E-state index >= 15 is 0 Å². The SMILES string of the molecule is Fc1cccc(CSc2nnc(C3CCCCC3)o2)c1. The molecule has 0 N–H and O–H groups in total. The van der Waals surface area contributed by atoms with Crippen LogP contribution in [0, 0.1) is 5.82 Å². The molecule has 3 rings (SSSR count). The minimum absolute atomic E-state index is 0.212. The third-order valence-corrected chi connectivity index (χ3v) is 4.52. The van der Waals surface area contributed by atoms with Crippen LogP contribution in [-0.2, 0) is 5.75 Å². The van der Waals surface area contributed by atoms with Crippen molar-refractivity contribution in [2.24, 2.45) is 0 Å². The molecular formula is C15H17FN2OS. The zero-order chi connectivity index (χ0) is 13.8. The van der Waals surface area contributed by atoms with Gasteiger partial charge in [0.15, 0.2) is 0 Å². The van der Waals surface area contributed by atoms with Gasteiger partial charge in [-0.3, -0.25) is 0 Å². The van der Waals surface area contributed by atoms with E-state index in [2.05, 4.69) is 10.2 Å². The Hall–Kier alpha value is -1.36. The Labute approximate surface area is 122 Å². The fraction of sp³-hybridized carbons (Fsp3) is 0.467. The predicted molar refractivity (Wildman–Crippen MR) is 76.1 cm³/mol. The summed E-state index contributed by atoms with van der Waals surface area (Å²) >= 11 is 1.46. The van der Waals surface area contributed by atoms with Gasteiger partial charge in [-0.05, 0) is 30.5 Å². The Morgan fingerprint density at radius 1 is 1.20 bits per heavy atom. The number of hydrogen-bond donors (Lipinski definition) is 0. The Balaban J connectivity index is 1.59. The molecule has 0 radical (unpaired) electrons. The van der Waals surface area contributed by atoms with Gasteiger partial charge in [-0.2, -0.15) is 0 Å². The Morgan fingerprint density at radius 3 is 2.85 bits per heavy atom. The van der Waals surface area contributed by atoms with Crippen molar-refractivity contribution in [3.63, 3.8) is 0 Å². The van der Waals surface area contributed by atoms with E-state index in [0.717, 1.165) is 24.3 Å². The van der Waals surface area contributed by atoms with E-state index < -0.39 is 0 Å². The molecule has 0 saturated heterocycles. The third-order valence-electron chi connectivity index (χ3n) is 3.63. The molecular weight excluding hydrogens is 275 g/mol. The molecule has 2 aromatic rings. The van der Waals surface area contributed by atoms with E-state index in [4.69, 9.17) is 4.42 Å². The highest BCUT2D eigenvalue weighted by Gasteiger charge is 2.21. The second kappa shape index (κ2) is 6.39. The molecule has 3 nitrogen and oxygen atoms in total. The summed E-state index contributed by atoms with van der Waals surface area (Å²) in [6, 6.07) is 6.59. The zero-order valence-corrected chi connectivity index (χ0v) is 12.0. The summed E-state index contributed by atoms with van der Waals surface area (Å²) in [5.41, 5.74) is 0.924. The number of rotatable bonds is 4. The zero-order valence-electron chi connectivity index (χ0n) is 11.2. The second-order valence-corrected chi connectivity index (χ2v) is 6.09. The van der Waals surface area contributed by atoms with Crippen LogP contribution in [0.5, 0.6) is 0 Å². The molecule has 1 aromatic heterocycles. The number of thioether (sulfide) groups is 1. The third kappa shape index (κ3) is 3.39. The fourth-order valence-corrected chi connectivity index (χ4v) is 3.28. The van der Waals surface area contributed by atoms with Crippen molar-refractivity contribution in [3.8, 4) is 0 Å². The van der Waals surface area contributed by atoms with Crippen LogP contribution >= 0.6 is 11.8 Å². The topological polar surface area (TPSA) is 38.9 Å². The first-order valence-electron chi connectivity index (χ1n) is 7.02. The number of halogens is 1. The molecule has 0 aliphatic heterocycles. The molecule has 1 saturated carbocycles. The van der Waals surface area contributed by atoms with Gasteiger partial charge in [-0.25, -0.2) is 4.39 Å². The lowest BCUT2D eigenvalue weighted by molar-refractivity contribution is 0.334. The minimum Gasteiger partial charge on any atom is -0.416 e. The van der Waals surface area contributed by atoms with E-state index in [1.165, 1.54) is 43.2 Å². The summed E-state index contributed by atoms with van der Waals surface area (Å²) in [7, 11) is 0. The van der Waals surface area contributed by atoms with Gasteiger partial charge in [-0.15, -0.1) is 10.2 Å². The fourth-order valence-electron chi connectivity index (χ4n) is 2.57. The van der Waals surface area contributed by atoms with E-state index in [-0.39, 0.29) is 5.82 Å². The summed E-state index contributed by atoms with van der Waals surface area (Å²) < 4.78 is 18.8. The molecule has 1 aliphatic rings. The van der Waals surface area contributed by atoms with Crippen LogP contribution in [0.2, 0.25) is 0 Å². The summed E-state index contributed by atoms with van der Waals surface area (Å²) in [4.78, 5) is 0.